The molecule has 3 heterocycles. The molecule has 1 aromatic carbocycles. The van der Waals surface area contributed by atoms with Crippen LogP contribution < -0.4 is 0 Å². The van der Waals surface area contributed by atoms with Gasteiger partial charge in [0.15, 0.2) is 0 Å². The van der Waals surface area contributed by atoms with Crippen molar-refractivity contribution >= 4 is 37.7 Å². The topological polar surface area (TPSA) is 97.7 Å². The van der Waals surface area contributed by atoms with Crippen LogP contribution in [0, 0.1) is 0 Å². The second-order valence-corrected chi connectivity index (χ2v) is 8.93. The quantitative estimate of drug-likeness (QED) is 0.574. The van der Waals surface area contributed by atoms with E-state index >= 15 is 0 Å². The van der Waals surface area contributed by atoms with Crippen LogP contribution in [-0.4, -0.2) is 33.7 Å². The number of ketones is 1. The molecule has 5 rings (SSSR count). The Hall–Kier alpha value is -3.00. The Labute approximate surface area is 161 Å². The molecule has 0 radical (unpaired) electrons. The first-order valence-electron chi connectivity index (χ1n) is 9.21. The third kappa shape index (κ3) is 2.56. The molecule has 1 aliphatic rings. The lowest BCUT2D eigenvalue weighted by Gasteiger charge is -2.25. The van der Waals surface area contributed by atoms with E-state index in [0.29, 0.717) is 36.8 Å². The van der Waals surface area contributed by atoms with Gasteiger partial charge in [0.25, 0.3) is 0 Å². The lowest BCUT2D eigenvalue weighted by Crippen LogP contribution is -2.21. The third-order valence-corrected chi connectivity index (χ3v) is 7.04. The Balaban J connectivity index is 1.81. The molecule has 4 aromatic rings. The van der Waals surface area contributed by atoms with Crippen molar-refractivity contribution in [2.45, 2.75) is 41.8 Å². The number of sulfone groups is 1. The summed E-state index contributed by atoms with van der Waals surface area (Å²) in [4.78, 5) is 23.9. The van der Waals surface area contributed by atoms with Gasteiger partial charge in [-0.25, -0.2) is 18.4 Å². The highest BCUT2D eigenvalue weighted by Gasteiger charge is 2.32. The van der Waals surface area contributed by atoms with Gasteiger partial charge in [0.2, 0.25) is 15.0 Å². The van der Waals surface area contributed by atoms with Gasteiger partial charge in [-0.3, -0.25) is 4.79 Å². The highest BCUT2D eigenvalue weighted by Crippen LogP contribution is 2.36. The number of carbonyl (C=O) groups excluding carboxylic acids is 1. The molecule has 0 aliphatic heterocycles. The maximum atomic E-state index is 13.4. The number of Topliss-reactive ketones (excluding diaryl/α,β-unsaturated/α-hetero) is 1. The standard InChI is InChI=1S/C20H18N4O3S/c25-14-8-6-13(7-9-14)24-18-16-10-11-21-19(16)22-12-17(18)23-20(24)28(26,27)15-4-2-1-3-5-15/h1-5,10-13H,6-9H2,(H,21,22). The van der Waals surface area contributed by atoms with Gasteiger partial charge in [0, 0.05) is 30.5 Å². The molecule has 142 valence electrons. The van der Waals surface area contributed by atoms with E-state index in [1.165, 1.54) is 0 Å². The van der Waals surface area contributed by atoms with E-state index in [1.54, 1.807) is 42.7 Å². The summed E-state index contributed by atoms with van der Waals surface area (Å²) in [6.45, 7) is 0. The number of aromatic nitrogens is 4. The lowest BCUT2D eigenvalue weighted by atomic mass is 9.94. The minimum atomic E-state index is -3.82. The summed E-state index contributed by atoms with van der Waals surface area (Å²) in [5.41, 5.74) is 1.97. The van der Waals surface area contributed by atoms with Crippen LogP contribution in [0.4, 0.5) is 0 Å². The molecule has 3 aromatic heterocycles. The molecule has 0 amide bonds. The number of fused-ring (bicyclic) bond motifs is 3. The zero-order chi connectivity index (χ0) is 19.3. The van der Waals surface area contributed by atoms with Crippen molar-refractivity contribution in [3.63, 3.8) is 0 Å². The van der Waals surface area contributed by atoms with Crippen LogP contribution in [0.25, 0.3) is 22.1 Å². The van der Waals surface area contributed by atoms with Crippen molar-refractivity contribution in [2.24, 2.45) is 0 Å². The van der Waals surface area contributed by atoms with E-state index in [2.05, 4.69) is 15.0 Å². The van der Waals surface area contributed by atoms with Crippen LogP contribution in [0.5, 0.6) is 0 Å². The Bertz CT molecular complexity index is 1300. The van der Waals surface area contributed by atoms with Crippen molar-refractivity contribution in [3.8, 4) is 0 Å². The molecule has 1 fully saturated rings. The second-order valence-electron chi connectivity index (χ2n) is 7.08. The maximum Gasteiger partial charge on any atom is 0.240 e. The Morgan fingerprint density at radius 3 is 2.57 bits per heavy atom. The van der Waals surface area contributed by atoms with Crippen molar-refractivity contribution in [2.75, 3.05) is 0 Å². The molecule has 0 spiro atoms. The van der Waals surface area contributed by atoms with Crippen molar-refractivity contribution in [1.29, 1.82) is 0 Å². The fourth-order valence-electron chi connectivity index (χ4n) is 3.99. The molecule has 1 N–H and O–H groups in total. The van der Waals surface area contributed by atoms with Crippen LogP contribution in [0.3, 0.4) is 0 Å². The molecule has 7 nitrogen and oxygen atoms in total. The van der Waals surface area contributed by atoms with Gasteiger partial charge in [-0.2, -0.15) is 0 Å². The minimum Gasteiger partial charge on any atom is -0.346 e. The van der Waals surface area contributed by atoms with Crippen LogP contribution >= 0.6 is 0 Å². The van der Waals surface area contributed by atoms with E-state index in [1.807, 2.05) is 10.6 Å². The van der Waals surface area contributed by atoms with Gasteiger partial charge in [-0.1, -0.05) is 18.2 Å². The van der Waals surface area contributed by atoms with Gasteiger partial charge in [0.1, 0.15) is 16.9 Å². The smallest absolute Gasteiger partial charge is 0.240 e. The normalized spacial score (nSPS) is 16.2. The number of benzene rings is 1. The van der Waals surface area contributed by atoms with E-state index in [0.717, 1.165) is 10.9 Å². The zero-order valence-corrected chi connectivity index (χ0v) is 15.8. The third-order valence-electron chi connectivity index (χ3n) is 5.37. The first kappa shape index (κ1) is 17.1. The first-order chi connectivity index (χ1) is 13.6. The van der Waals surface area contributed by atoms with Crippen LogP contribution in [0.1, 0.15) is 31.7 Å². The number of carbonyl (C=O) groups is 1. The van der Waals surface area contributed by atoms with E-state index in [9.17, 15) is 13.2 Å². The molecule has 8 heteroatoms. The highest BCUT2D eigenvalue weighted by molar-refractivity contribution is 7.91. The number of nitrogens with zero attached hydrogens (tertiary/aromatic N) is 3. The number of nitrogens with one attached hydrogen (secondary N) is 1. The Morgan fingerprint density at radius 2 is 1.82 bits per heavy atom. The summed E-state index contributed by atoms with van der Waals surface area (Å²) < 4.78 is 28.7. The number of H-pyrrole nitrogens is 1. The number of hydrogen-bond donors (Lipinski definition) is 1. The maximum absolute atomic E-state index is 13.4. The molecule has 0 unspecified atom stereocenters. The molecule has 0 saturated heterocycles. The van der Waals surface area contributed by atoms with Gasteiger partial charge >= 0.3 is 0 Å². The predicted octanol–water partition coefficient (Wildman–Crippen LogP) is 3.43. The zero-order valence-electron chi connectivity index (χ0n) is 15.0. The van der Waals surface area contributed by atoms with Crippen LogP contribution in [0.15, 0.2) is 58.8 Å². The van der Waals surface area contributed by atoms with Gasteiger partial charge < -0.3 is 9.55 Å². The number of aromatic amines is 1. The summed E-state index contributed by atoms with van der Waals surface area (Å²) in [5, 5.41) is 0.847. The average Bonchev–Trinajstić information content (AvgIpc) is 3.33. The Morgan fingerprint density at radius 1 is 1.07 bits per heavy atom. The van der Waals surface area contributed by atoms with Gasteiger partial charge in [0.05, 0.1) is 16.6 Å². The summed E-state index contributed by atoms with van der Waals surface area (Å²) >= 11 is 0. The number of pyridine rings is 1. The minimum absolute atomic E-state index is 0.0172. The molecular weight excluding hydrogens is 376 g/mol. The van der Waals surface area contributed by atoms with Crippen LogP contribution in [-0.2, 0) is 14.6 Å². The molecular formula is C20H18N4O3S. The highest BCUT2D eigenvalue weighted by atomic mass is 32.2. The second kappa shape index (κ2) is 6.27. The van der Waals surface area contributed by atoms with Gasteiger partial charge in [-0.05, 0) is 31.0 Å². The molecule has 28 heavy (non-hydrogen) atoms. The van der Waals surface area contributed by atoms with E-state index in [4.69, 9.17) is 0 Å². The molecule has 1 aliphatic carbocycles. The fraction of sp³-hybridized carbons (Fsp3) is 0.250. The summed E-state index contributed by atoms with van der Waals surface area (Å²) in [7, 11) is -3.82. The molecule has 0 bridgehead atoms. The molecule has 0 atom stereocenters. The summed E-state index contributed by atoms with van der Waals surface area (Å²) in [6, 6.07) is 10.1. The van der Waals surface area contributed by atoms with E-state index < -0.39 is 9.84 Å². The van der Waals surface area contributed by atoms with Crippen molar-refractivity contribution in [3.05, 3.63) is 48.8 Å². The summed E-state index contributed by atoms with van der Waals surface area (Å²) in [5.74, 6) is 0.224. The first-order valence-corrected chi connectivity index (χ1v) is 10.7. The SMILES string of the molecule is O=C1CCC(n2c(S(=O)(=O)c3ccccc3)nc3cnc4[nH]ccc4c32)CC1. The largest absolute Gasteiger partial charge is 0.346 e. The predicted molar refractivity (Wildman–Crippen MR) is 104 cm³/mol. The lowest BCUT2D eigenvalue weighted by molar-refractivity contribution is -0.120. The van der Waals surface area contributed by atoms with E-state index in [-0.39, 0.29) is 21.9 Å². The Kier molecular flexibility index (Phi) is 3.83. The van der Waals surface area contributed by atoms with Crippen molar-refractivity contribution < 1.29 is 13.2 Å². The average molecular weight is 394 g/mol. The molecule has 1 saturated carbocycles. The van der Waals surface area contributed by atoms with Crippen LogP contribution in [0.2, 0.25) is 0 Å². The number of imidazole rings is 1. The number of hydrogen-bond acceptors (Lipinski definition) is 5. The van der Waals surface area contributed by atoms with Crippen molar-refractivity contribution in [1.82, 2.24) is 19.5 Å². The number of rotatable bonds is 3. The fourth-order valence-corrected chi connectivity index (χ4v) is 5.43. The monoisotopic (exact) mass is 394 g/mol. The summed E-state index contributed by atoms with van der Waals surface area (Å²) in [6.07, 6.45) is 5.51. The van der Waals surface area contributed by atoms with Gasteiger partial charge in [-0.15, -0.1) is 0 Å².